The number of carbonyl (C=O) groups is 1. The molecule has 2 N–H and O–H groups in total. The van der Waals surface area contributed by atoms with Gasteiger partial charge in [-0.1, -0.05) is 25.7 Å². The molecule has 0 unspecified atom stereocenters. The van der Waals surface area contributed by atoms with Gasteiger partial charge in [0, 0.05) is 19.5 Å². The van der Waals surface area contributed by atoms with Crippen LogP contribution in [0.1, 0.15) is 57.8 Å². The van der Waals surface area contributed by atoms with Gasteiger partial charge in [-0.05, 0) is 32.2 Å². The Hall–Kier alpha value is -0.570. The molecule has 3 nitrogen and oxygen atoms in total. The van der Waals surface area contributed by atoms with Crippen LogP contribution in [0.15, 0.2) is 0 Å². The molecule has 1 fully saturated rings. The number of hydrogen-bond acceptors (Lipinski definition) is 2. The fraction of sp³-hybridized carbons (Fsp3) is 0.923. The zero-order valence-electron chi connectivity index (χ0n) is 10.4. The third-order valence-corrected chi connectivity index (χ3v) is 3.30. The van der Waals surface area contributed by atoms with E-state index in [0.717, 1.165) is 45.3 Å². The maximum absolute atomic E-state index is 11.9. The Bertz CT molecular complexity index is 186. The van der Waals surface area contributed by atoms with E-state index in [1.807, 2.05) is 0 Å². The highest BCUT2D eigenvalue weighted by Crippen LogP contribution is 2.12. The quantitative estimate of drug-likeness (QED) is 0.731. The Balaban J connectivity index is 2.17. The molecule has 1 aliphatic rings. The molecule has 1 saturated heterocycles. The minimum absolute atomic E-state index is 0.360. The predicted molar refractivity (Wildman–Crippen MR) is 67.2 cm³/mol. The molecule has 3 heteroatoms. The van der Waals surface area contributed by atoms with E-state index in [9.17, 15) is 4.79 Å². The lowest BCUT2D eigenvalue weighted by Gasteiger charge is -2.24. The highest BCUT2D eigenvalue weighted by atomic mass is 16.2. The number of likely N-dealkylation sites (tertiary alicyclic amines) is 1. The molecule has 0 radical (unpaired) electrons. The largest absolute Gasteiger partial charge is 0.343 e. The van der Waals surface area contributed by atoms with Crippen molar-refractivity contribution in [2.45, 2.75) is 57.8 Å². The van der Waals surface area contributed by atoms with Crippen LogP contribution in [0.2, 0.25) is 0 Å². The highest BCUT2D eigenvalue weighted by Gasteiger charge is 2.13. The number of hydrogen-bond donors (Lipinski definition) is 1. The standard InChI is InChI=1S/C13H26N2O/c14-10-6-4-5-9-13(16)15-11-7-2-1-3-8-12-15/h1-12,14H2. The lowest BCUT2D eigenvalue weighted by atomic mass is 10.1. The second-order valence-corrected chi connectivity index (χ2v) is 4.75. The van der Waals surface area contributed by atoms with Crippen molar-refractivity contribution in [3.63, 3.8) is 0 Å². The summed E-state index contributed by atoms with van der Waals surface area (Å²) in [5.74, 6) is 0.360. The highest BCUT2D eigenvalue weighted by molar-refractivity contribution is 5.76. The molecule has 1 rings (SSSR count). The fourth-order valence-electron chi connectivity index (χ4n) is 2.25. The summed E-state index contributed by atoms with van der Waals surface area (Å²) in [6.07, 6.45) is 10.2. The molecule has 0 aliphatic carbocycles. The number of nitrogens with zero attached hydrogens (tertiary/aromatic N) is 1. The zero-order chi connectivity index (χ0) is 11.6. The minimum Gasteiger partial charge on any atom is -0.343 e. The third kappa shape index (κ3) is 5.50. The van der Waals surface area contributed by atoms with Gasteiger partial charge in [-0.15, -0.1) is 0 Å². The van der Waals surface area contributed by atoms with Crippen molar-refractivity contribution in [3.8, 4) is 0 Å². The van der Waals surface area contributed by atoms with Crippen LogP contribution in [-0.2, 0) is 4.79 Å². The normalized spacial score (nSPS) is 17.9. The second kappa shape index (κ2) is 8.57. The summed E-state index contributed by atoms with van der Waals surface area (Å²) in [6, 6.07) is 0. The molecule has 0 bridgehead atoms. The Morgan fingerprint density at radius 2 is 1.56 bits per heavy atom. The topological polar surface area (TPSA) is 46.3 Å². The van der Waals surface area contributed by atoms with Gasteiger partial charge in [0.1, 0.15) is 0 Å². The van der Waals surface area contributed by atoms with E-state index in [-0.39, 0.29) is 0 Å². The van der Waals surface area contributed by atoms with Crippen LogP contribution in [0.3, 0.4) is 0 Å². The predicted octanol–water partition coefficient (Wildman–Crippen LogP) is 2.30. The van der Waals surface area contributed by atoms with Gasteiger partial charge in [-0.3, -0.25) is 4.79 Å². The van der Waals surface area contributed by atoms with Gasteiger partial charge in [0.05, 0.1) is 0 Å². The number of unbranched alkanes of at least 4 members (excludes halogenated alkanes) is 2. The van der Waals surface area contributed by atoms with Crippen LogP contribution in [-0.4, -0.2) is 30.4 Å². The van der Waals surface area contributed by atoms with E-state index >= 15 is 0 Å². The maximum Gasteiger partial charge on any atom is 0.222 e. The molecule has 0 aromatic heterocycles. The Kier molecular flexibility index (Phi) is 7.23. The average molecular weight is 226 g/mol. The van der Waals surface area contributed by atoms with E-state index in [4.69, 9.17) is 5.73 Å². The average Bonchev–Trinajstić information content (AvgIpc) is 2.23. The molecule has 94 valence electrons. The van der Waals surface area contributed by atoms with Crippen molar-refractivity contribution >= 4 is 5.91 Å². The van der Waals surface area contributed by atoms with Gasteiger partial charge in [0.15, 0.2) is 0 Å². The molecule has 16 heavy (non-hydrogen) atoms. The maximum atomic E-state index is 11.9. The van der Waals surface area contributed by atoms with Crippen molar-refractivity contribution in [1.82, 2.24) is 4.90 Å². The Morgan fingerprint density at radius 1 is 0.938 bits per heavy atom. The monoisotopic (exact) mass is 226 g/mol. The smallest absolute Gasteiger partial charge is 0.222 e. The van der Waals surface area contributed by atoms with Crippen molar-refractivity contribution in [3.05, 3.63) is 0 Å². The summed E-state index contributed by atoms with van der Waals surface area (Å²) in [5, 5.41) is 0. The van der Waals surface area contributed by atoms with E-state index in [0.29, 0.717) is 5.91 Å². The lowest BCUT2D eigenvalue weighted by Crippen LogP contribution is -2.33. The van der Waals surface area contributed by atoms with E-state index in [1.54, 1.807) is 0 Å². The molecule has 1 aliphatic heterocycles. The summed E-state index contributed by atoms with van der Waals surface area (Å²) in [7, 11) is 0. The van der Waals surface area contributed by atoms with Crippen LogP contribution >= 0.6 is 0 Å². The van der Waals surface area contributed by atoms with Crippen LogP contribution < -0.4 is 5.73 Å². The first-order chi connectivity index (χ1) is 7.84. The van der Waals surface area contributed by atoms with Gasteiger partial charge in [0.25, 0.3) is 0 Å². The molecule has 0 atom stereocenters. The Labute approximate surface area is 99.4 Å². The van der Waals surface area contributed by atoms with Gasteiger partial charge in [-0.25, -0.2) is 0 Å². The first kappa shape index (κ1) is 13.5. The second-order valence-electron chi connectivity index (χ2n) is 4.75. The molecule has 1 amide bonds. The lowest BCUT2D eigenvalue weighted by molar-refractivity contribution is -0.131. The van der Waals surface area contributed by atoms with Crippen molar-refractivity contribution in [2.75, 3.05) is 19.6 Å². The van der Waals surface area contributed by atoms with E-state index < -0.39 is 0 Å². The molecular weight excluding hydrogens is 200 g/mol. The Morgan fingerprint density at radius 3 is 2.19 bits per heavy atom. The molecule has 0 spiro atoms. The number of nitrogens with two attached hydrogens (primary N) is 1. The number of amides is 1. The van der Waals surface area contributed by atoms with Crippen LogP contribution in [0.25, 0.3) is 0 Å². The summed E-state index contributed by atoms with van der Waals surface area (Å²) in [5.41, 5.74) is 5.43. The molecule has 0 aromatic rings. The van der Waals surface area contributed by atoms with Gasteiger partial charge >= 0.3 is 0 Å². The van der Waals surface area contributed by atoms with Crippen LogP contribution in [0.4, 0.5) is 0 Å². The number of rotatable bonds is 5. The molecular formula is C13H26N2O. The van der Waals surface area contributed by atoms with Gasteiger partial charge in [0.2, 0.25) is 5.91 Å². The van der Waals surface area contributed by atoms with Gasteiger partial charge < -0.3 is 10.6 Å². The summed E-state index contributed by atoms with van der Waals surface area (Å²) in [6.45, 7) is 2.71. The van der Waals surface area contributed by atoms with Crippen LogP contribution in [0, 0.1) is 0 Å². The van der Waals surface area contributed by atoms with Crippen molar-refractivity contribution in [1.29, 1.82) is 0 Å². The van der Waals surface area contributed by atoms with Crippen molar-refractivity contribution < 1.29 is 4.79 Å². The van der Waals surface area contributed by atoms with Crippen LogP contribution in [0.5, 0.6) is 0 Å². The van der Waals surface area contributed by atoms with E-state index in [1.165, 1.54) is 32.1 Å². The fourth-order valence-corrected chi connectivity index (χ4v) is 2.25. The first-order valence-corrected chi connectivity index (χ1v) is 6.82. The summed E-state index contributed by atoms with van der Waals surface area (Å²) in [4.78, 5) is 14.0. The molecule has 0 aromatic carbocycles. The zero-order valence-corrected chi connectivity index (χ0v) is 10.4. The number of carbonyl (C=O) groups excluding carboxylic acids is 1. The van der Waals surface area contributed by atoms with E-state index in [2.05, 4.69) is 4.90 Å². The van der Waals surface area contributed by atoms with Crippen molar-refractivity contribution in [2.24, 2.45) is 5.73 Å². The molecule has 0 saturated carbocycles. The van der Waals surface area contributed by atoms with Gasteiger partial charge in [-0.2, -0.15) is 0 Å². The first-order valence-electron chi connectivity index (χ1n) is 6.82. The summed E-state index contributed by atoms with van der Waals surface area (Å²) >= 11 is 0. The SMILES string of the molecule is NCCCCCC(=O)N1CCCCCCC1. The minimum atomic E-state index is 0.360. The summed E-state index contributed by atoms with van der Waals surface area (Å²) < 4.78 is 0. The molecule has 1 heterocycles. The third-order valence-electron chi connectivity index (χ3n) is 3.30.